The summed E-state index contributed by atoms with van der Waals surface area (Å²) >= 11 is 0. The van der Waals surface area contributed by atoms with Gasteiger partial charge in [-0.2, -0.15) is 0 Å². The summed E-state index contributed by atoms with van der Waals surface area (Å²) in [6.07, 6.45) is -1.14. The van der Waals surface area contributed by atoms with Gasteiger partial charge in [0, 0.05) is 18.7 Å². The molecule has 0 heterocycles. The fraction of sp³-hybridized carbons (Fsp3) is 0.526. The Bertz CT molecular complexity index is 652. The van der Waals surface area contributed by atoms with Crippen molar-refractivity contribution in [2.24, 2.45) is 5.73 Å². The van der Waals surface area contributed by atoms with Crippen LogP contribution >= 0.6 is 0 Å². The van der Waals surface area contributed by atoms with Crippen molar-refractivity contribution < 1.29 is 23.9 Å². The molecule has 0 atom stereocenters. The van der Waals surface area contributed by atoms with Gasteiger partial charge >= 0.3 is 12.2 Å². The van der Waals surface area contributed by atoms with Gasteiger partial charge in [0.2, 0.25) is 5.91 Å². The summed E-state index contributed by atoms with van der Waals surface area (Å²) in [4.78, 5) is 35.1. The number of alkyl carbamates (subject to hydrolysis) is 2. The Balaban J connectivity index is 2.80. The molecule has 0 aliphatic carbocycles. The van der Waals surface area contributed by atoms with Gasteiger partial charge in [-0.3, -0.25) is 4.79 Å². The zero-order chi connectivity index (χ0) is 20.8. The largest absolute Gasteiger partial charge is 0.444 e. The molecule has 1 rings (SSSR count). The predicted molar refractivity (Wildman–Crippen MR) is 101 cm³/mol. The maximum Gasteiger partial charge on any atom is 0.407 e. The molecule has 3 amide bonds. The highest BCUT2D eigenvalue weighted by Gasteiger charge is 2.17. The highest BCUT2D eigenvalue weighted by Crippen LogP contribution is 2.12. The van der Waals surface area contributed by atoms with Gasteiger partial charge in [-0.1, -0.05) is 6.07 Å². The monoisotopic (exact) mass is 379 g/mol. The van der Waals surface area contributed by atoms with Crippen LogP contribution in [0, 0.1) is 0 Å². The van der Waals surface area contributed by atoms with Crippen LogP contribution in [0.25, 0.3) is 0 Å². The number of nitrogens with one attached hydrogen (secondary N) is 2. The van der Waals surface area contributed by atoms with Crippen LogP contribution in [0.2, 0.25) is 0 Å². The van der Waals surface area contributed by atoms with Crippen molar-refractivity contribution in [2.45, 2.75) is 65.8 Å². The smallest absolute Gasteiger partial charge is 0.407 e. The van der Waals surface area contributed by atoms with E-state index in [1.165, 1.54) is 0 Å². The lowest BCUT2D eigenvalue weighted by Crippen LogP contribution is -2.32. The molecule has 0 aliphatic heterocycles. The van der Waals surface area contributed by atoms with Crippen molar-refractivity contribution in [3.05, 3.63) is 34.9 Å². The van der Waals surface area contributed by atoms with Crippen LogP contribution in [0.5, 0.6) is 0 Å². The van der Waals surface area contributed by atoms with E-state index in [9.17, 15) is 14.4 Å². The zero-order valence-electron chi connectivity index (χ0n) is 16.8. The van der Waals surface area contributed by atoms with Crippen LogP contribution in [-0.4, -0.2) is 29.3 Å². The lowest BCUT2D eigenvalue weighted by atomic mass is 10.0. The van der Waals surface area contributed by atoms with Crippen LogP contribution in [0.1, 0.15) is 63.0 Å². The first-order valence-corrected chi connectivity index (χ1v) is 8.61. The molecule has 8 heteroatoms. The van der Waals surface area contributed by atoms with Crippen LogP contribution in [0.15, 0.2) is 18.2 Å². The number of primary amides is 1. The van der Waals surface area contributed by atoms with E-state index in [0.29, 0.717) is 11.1 Å². The Morgan fingerprint density at radius 2 is 1.19 bits per heavy atom. The van der Waals surface area contributed by atoms with E-state index in [1.807, 2.05) is 0 Å². The minimum Gasteiger partial charge on any atom is -0.444 e. The third-order valence-corrected chi connectivity index (χ3v) is 3.01. The third kappa shape index (κ3) is 9.48. The molecule has 4 N–H and O–H groups in total. The van der Waals surface area contributed by atoms with Gasteiger partial charge in [-0.15, -0.1) is 0 Å². The van der Waals surface area contributed by atoms with Gasteiger partial charge in [0.05, 0.1) is 0 Å². The van der Waals surface area contributed by atoms with Crippen molar-refractivity contribution in [2.75, 3.05) is 0 Å². The highest BCUT2D eigenvalue weighted by atomic mass is 16.6. The molecular weight excluding hydrogens is 350 g/mol. The number of ether oxygens (including phenoxy) is 2. The Morgan fingerprint density at radius 3 is 1.48 bits per heavy atom. The molecule has 150 valence electrons. The Labute approximate surface area is 159 Å². The van der Waals surface area contributed by atoms with E-state index in [0.717, 1.165) is 0 Å². The van der Waals surface area contributed by atoms with E-state index < -0.39 is 29.3 Å². The molecule has 0 fully saturated rings. The summed E-state index contributed by atoms with van der Waals surface area (Å²) in [5.41, 5.74) is 5.73. The quantitative estimate of drug-likeness (QED) is 0.727. The highest BCUT2D eigenvalue weighted by molar-refractivity contribution is 5.93. The second-order valence-corrected chi connectivity index (χ2v) is 8.11. The average molecular weight is 379 g/mol. The summed E-state index contributed by atoms with van der Waals surface area (Å²) < 4.78 is 10.4. The van der Waals surface area contributed by atoms with Gasteiger partial charge in [0.25, 0.3) is 0 Å². The first-order chi connectivity index (χ1) is 12.2. The molecule has 0 radical (unpaired) electrons. The molecule has 0 aliphatic rings. The molecule has 1 aromatic rings. The molecule has 0 saturated carbocycles. The number of rotatable bonds is 5. The first-order valence-electron chi connectivity index (χ1n) is 8.61. The summed E-state index contributed by atoms with van der Waals surface area (Å²) in [5.74, 6) is -0.604. The molecule has 0 spiro atoms. The predicted octanol–water partition coefficient (Wildman–Crippen LogP) is 2.83. The van der Waals surface area contributed by atoms with Crippen molar-refractivity contribution >= 4 is 18.1 Å². The zero-order valence-corrected chi connectivity index (χ0v) is 16.8. The second-order valence-electron chi connectivity index (χ2n) is 8.11. The second kappa shape index (κ2) is 8.75. The van der Waals surface area contributed by atoms with Gasteiger partial charge in [-0.05, 0) is 64.8 Å². The topological polar surface area (TPSA) is 120 Å². The number of hydrogen-bond acceptors (Lipinski definition) is 5. The number of hydrogen-bond donors (Lipinski definition) is 3. The Hall–Kier alpha value is -2.77. The van der Waals surface area contributed by atoms with Crippen molar-refractivity contribution in [3.8, 4) is 0 Å². The maximum atomic E-state index is 11.8. The third-order valence-electron chi connectivity index (χ3n) is 3.01. The fourth-order valence-electron chi connectivity index (χ4n) is 2.09. The molecular formula is C19H29N3O5. The first kappa shape index (κ1) is 22.3. The minimum atomic E-state index is -0.609. The SMILES string of the molecule is CC(C)(C)OC(=O)NCc1cc(CNC(=O)OC(C)(C)C)cc(C(N)=O)c1. The van der Waals surface area contributed by atoms with E-state index in [-0.39, 0.29) is 18.7 Å². The van der Waals surface area contributed by atoms with Crippen LogP contribution < -0.4 is 16.4 Å². The number of carbonyl (C=O) groups is 3. The summed E-state index contributed by atoms with van der Waals surface area (Å²) in [6, 6.07) is 4.91. The van der Waals surface area contributed by atoms with Crippen molar-refractivity contribution in [3.63, 3.8) is 0 Å². The van der Waals surface area contributed by atoms with Crippen molar-refractivity contribution in [1.29, 1.82) is 0 Å². The normalized spacial score (nSPS) is 11.5. The van der Waals surface area contributed by atoms with Gasteiger partial charge in [-0.25, -0.2) is 9.59 Å². The number of nitrogens with two attached hydrogens (primary N) is 1. The van der Waals surface area contributed by atoms with Gasteiger partial charge in [0.15, 0.2) is 0 Å². The number of benzene rings is 1. The van der Waals surface area contributed by atoms with Gasteiger partial charge < -0.3 is 25.8 Å². The summed E-state index contributed by atoms with van der Waals surface area (Å²) in [6.45, 7) is 10.9. The lowest BCUT2D eigenvalue weighted by molar-refractivity contribution is 0.0513. The van der Waals surface area contributed by atoms with E-state index >= 15 is 0 Å². The number of amides is 3. The number of carbonyl (C=O) groups excluding carboxylic acids is 3. The van der Waals surface area contributed by atoms with E-state index in [1.54, 1.807) is 59.7 Å². The van der Waals surface area contributed by atoms with E-state index in [4.69, 9.17) is 15.2 Å². The molecule has 8 nitrogen and oxygen atoms in total. The van der Waals surface area contributed by atoms with Crippen LogP contribution in [-0.2, 0) is 22.6 Å². The fourth-order valence-corrected chi connectivity index (χ4v) is 2.09. The maximum absolute atomic E-state index is 11.8. The Morgan fingerprint density at radius 1 is 0.815 bits per heavy atom. The Kier molecular flexibility index (Phi) is 7.21. The van der Waals surface area contributed by atoms with Crippen LogP contribution in [0.4, 0.5) is 9.59 Å². The van der Waals surface area contributed by atoms with Gasteiger partial charge in [0.1, 0.15) is 11.2 Å². The summed E-state index contributed by atoms with van der Waals surface area (Å²) in [7, 11) is 0. The molecule has 27 heavy (non-hydrogen) atoms. The molecule has 0 saturated heterocycles. The molecule has 0 unspecified atom stereocenters. The molecule has 0 aromatic heterocycles. The minimum absolute atomic E-state index is 0.148. The standard InChI is InChI=1S/C19H29N3O5/c1-18(2,3)26-16(24)21-10-12-7-13(9-14(8-12)15(20)23)11-22-17(25)27-19(4,5)6/h7-9H,10-11H2,1-6H3,(H2,20,23)(H,21,24)(H,22,25). The molecule has 0 bridgehead atoms. The molecule has 1 aromatic carbocycles. The lowest BCUT2D eigenvalue weighted by Gasteiger charge is -2.20. The van der Waals surface area contributed by atoms with Crippen LogP contribution in [0.3, 0.4) is 0 Å². The van der Waals surface area contributed by atoms with Crippen molar-refractivity contribution in [1.82, 2.24) is 10.6 Å². The van der Waals surface area contributed by atoms with E-state index in [2.05, 4.69) is 10.6 Å². The average Bonchev–Trinajstić information content (AvgIpc) is 2.47. The summed E-state index contributed by atoms with van der Waals surface area (Å²) in [5, 5.41) is 5.24.